The number of hydrogen-bond donors (Lipinski definition) is 1. The minimum absolute atomic E-state index is 0.0538. The number of nitrogen functional groups attached to an aromatic ring is 1. The Morgan fingerprint density at radius 1 is 1.17 bits per heavy atom. The minimum Gasteiger partial charge on any atom is -0.487 e. The van der Waals surface area contributed by atoms with Crippen LogP contribution in [-0.4, -0.2) is 0 Å². The third-order valence-corrected chi connectivity index (χ3v) is 3.05. The van der Waals surface area contributed by atoms with Crippen molar-refractivity contribution in [3.63, 3.8) is 0 Å². The van der Waals surface area contributed by atoms with Crippen LogP contribution in [0.15, 0.2) is 36.4 Å². The van der Waals surface area contributed by atoms with Gasteiger partial charge in [-0.05, 0) is 18.2 Å². The molecule has 0 bridgehead atoms. The molecular formula is C13H10Cl2FNO. The van der Waals surface area contributed by atoms with Crippen LogP contribution in [0.4, 0.5) is 10.1 Å². The van der Waals surface area contributed by atoms with Gasteiger partial charge in [-0.2, -0.15) is 0 Å². The van der Waals surface area contributed by atoms with Gasteiger partial charge in [-0.3, -0.25) is 0 Å². The fraction of sp³-hybridized carbons (Fsp3) is 0.0769. The summed E-state index contributed by atoms with van der Waals surface area (Å²) in [6.07, 6.45) is 0. The van der Waals surface area contributed by atoms with Gasteiger partial charge in [0.25, 0.3) is 0 Å². The van der Waals surface area contributed by atoms with E-state index in [9.17, 15) is 4.39 Å². The summed E-state index contributed by atoms with van der Waals surface area (Å²) in [5, 5.41) is 0.572. The summed E-state index contributed by atoms with van der Waals surface area (Å²) in [7, 11) is 0. The Kier molecular flexibility index (Phi) is 3.94. The zero-order chi connectivity index (χ0) is 13.1. The van der Waals surface area contributed by atoms with Crippen molar-refractivity contribution in [3.8, 4) is 5.75 Å². The molecule has 0 atom stereocenters. The summed E-state index contributed by atoms with van der Waals surface area (Å²) in [5.41, 5.74) is 6.75. The van der Waals surface area contributed by atoms with Crippen molar-refractivity contribution >= 4 is 28.9 Å². The maximum Gasteiger partial charge on any atom is 0.144 e. The number of rotatable bonds is 3. The first kappa shape index (κ1) is 13.0. The third kappa shape index (κ3) is 2.86. The fourth-order valence-corrected chi connectivity index (χ4v) is 1.79. The second kappa shape index (κ2) is 5.46. The van der Waals surface area contributed by atoms with Gasteiger partial charge in [-0.25, -0.2) is 4.39 Å². The van der Waals surface area contributed by atoms with Crippen LogP contribution in [0.5, 0.6) is 5.75 Å². The van der Waals surface area contributed by atoms with Gasteiger partial charge in [0, 0.05) is 16.7 Å². The first-order valence-electron chi connectivity index (χ1n) is 5.18. The highest BCUT2D eigenvalue weighted by atomic mass is 35.5. The molecule has 0 unspecified atom stereocenters. The lowest BCUT2D eigenvalue weighted by molar-refractivity contribution is 0.307. The predicted molar refractivity (Wildman–Crippen MR) is 71.6 cm³/mol. The van der Waals surface area contributed by atoms with E-state index in [1.165, 1.54) is 6.07 Å². The number of benzene rings is 2. The summed E-state index contributed by atoms with van der Waals surface area (Å²) in [6, 6.07) is 9.46. The SMILES string of the molecule is Nc1ccc(Cl)cc1OCc1cccc(F)c1Cl. The minimum atomic E-state index is -0.475. The largest absolute Gasteiger partial charge is 0.487 e. The molecule has 2 aromatic carbocycles. The van der Waals surface area contributed by atoms with Crippen LogP contribution in [0.1, 0.15) is 5.56 Å². The first-order chi connectivity index (χ1) is 8.58. The van der Waals surface area contributed by atoms with Crippen LogP contribution in [0.3, 0.4) is 0 Å². The van der Waals surface area contributed by atoms with Gasteiger partial charge >= 0.3 is 0 Å². The first-order valence-corrected chi connectivity index (χ1v) is 5.94. The molecule has 2 nitrogen and oxygen atoms in total. The van der Waals surface area contributed by atoms with Gasteiger partial charge in [0.05, 0.1) is 10.7 Å². The Labute approximate surface area is 114 Å². The topological polar surface area (TPSA) is 35.2 Å². The lowest BCUT2D eigenvalue weighted by atomic mass is 10.2. The van der Waals surface area contributed by atoms with Crippen molar-refractivity contribution in [3.05, 3.63) is 57.8 Å². The highest BCUT2D eigenvalue weighted by molar-refractivity contribution is 6.31. The number of ether oxygens (including phenoxy) is 1. The van der Waals surface area contributed by atoms with E-state index >= 15 is 0 Å². The molecule has 0 aliphatic carbocycles. The van der Waals surface area contributed by atoms with Crippen molar-refractivity contribution in [1.82, 2.24) is 0 Å². The lowest BCUT2D eigenvalue weighted by Gasteiger charge is -2.10. The lowest BCUT2D eigenvalue weighted by Crippen LogP contribution is -2.00. The fourth-order valence-electron chi connectivity index (χ4n) is 1.45. The van der Waals surface area contributed by atoms with E-state index in [4.69, 9.17) is 33.7 Å². The van der Waals surface area contributed by atoms with E-state index in [1.54, 1.807) is 30.3 Å². The standard InChI is InChI=1S/C13H10Cl2FNO/c14-9-4-5-11(17)12(6-9)18-7-8-2-1-3-10(16)13(8)15/h1-6H,7,17H2. The summed E-state index contributed by atoms with van der Waals surface area (Å²) < 4.78 is 18.7. The molecule has 0 aliphatic rings. The van der Waals surface area contributed by atoms with E-state index in [1.807, 2.05) is 0 Å². The Morgan fingerprint density at radius 3 is 2.72 bits per heavy atom. The van der Waals surface area contributed by atoms with Crippen molar-refractivity contribution in [2.75, 3.05) is 5.73 Å². The average molecular weight is 286 g/mol. The zero-order valence-electron chi connectivity index (χ0n) is 9.29. The number of anilines is 1. The molecule has 5 heteroatoms. The second-order valence-corrected chi connectivity index (χ2v) is 4.50. The van der Waals surface area contributed by atoms with Crippen LogP contribution in [0.2, 0.25) is 10.0 Å². The van der Waals surface area contributed by atoms with Gasteiger partial charge in [0.1, 0.15) is 18.2 Å². The molecule has 0 spiro atoms. The van der Waals surface area contributed by atoms with Gasteiger partial charge in [-0.1, -0.05) is 35.3 Å². The molecule has 2 rings (SSSR count). The molecule has 2 aromatic rings. The smallest absolute Gasteiger partial charge is 0.144 e. The zero-order valence-corrected chi connectivity index (χ0v) is 10.8. The quantitative estimate of drug-likeness (QED) is 0.854. The maximum atomic E-state index is 13.2. The van der Waals surface area contributed by atoms with E-state index in [0.717, 1.165) is 0 Å². The highest BCUT2D eigenvalue weighted by Crippen LogP contribution is 2.27. The molecule has 0 radical (unpaired) electrons. The van der Waals surface area contributed by atoms with Crippen LogP contribution < -0.4 is 10.5 Å². The Morgan fingerprint density at radius 2 is 1.94 bits per heavy atom. The molecule has 0 amide bonds. The monoisotopic (exact) mass is 285 g/mol. The Hall–Kier alpha value is -1.45. The van der Waals surface area contributed by atoms with Crippen LogP contribution in [-0.2, 0) is 6.61 Å². The molecule has 0 saturated carbocycles. The second-order valence-electron chi connectivity index (χ2n) is 3.68. The average Bonchev–Trinajstić information content (AvgIpc) is 2.35. The summed E-state index contributed by atoms with van der Waals surface area (Å²) in [5.74, 6) is -0.0281. The third-order valence-electron chi connectivity index (χ3n) is 2.39. The van der Waals surface area contributed by atoms with Crippen LogP contribution >= 0.6 is 23.2 Å². The van der Waals surface area contributed by atoms with Crippen LogP contribution in [0.25, 0.3) is 0 Å². The summed E-state index contributed by atoms with van der Waals surface area (Å²) in [4.78, 5) is 0. The molecule has 2 N–H and O–H groups in total. The summed E-state index contributed by atoms with van der Waals surface area (Å²) >= 11 is 11.7. The molecular weight excluding hydrogens is 276 g/mol. The van der Waals surface area contributed by atoms with E-state index < -0.39 is 5.82 Å². The van der Waals surface area contributed by atoms with Crippen molar-refractivity contribution in [2.45, 2.75) is 6.61 Å². The normalized spacial score (nSPS) is 10.4. The Balaban J connectivity index is 2.16. The summed E-state index contributed by atoms with van der Waals surface area (Å²) in [6.45, 7) is 0.126. The molecule has 94 valence electrons. The highest BCUT2D eigenvalue weighted by Gasteiger charge is 2.07. The predicted octanol–water partition coefficient (Wildman–Crippen LogP) is 4.29. The number of hydrogen-bond acceptors (Lipinski definition) is 2. The molecule has 0 saturated heterocycles. The molecule has 0 fully saturated rings. The van der Waals surface area contributed by atoms with Gasteiger partial charge < -0.3 is 10.5 Å². The molecule has 0 aliphatic heterocycles. The maximum absolute atomic E-state index is 13.2. The van der Waals surface area contributed by atoms with Gasteiger partial charge in [-0.15, -0.1) is 0 Å². The molecule has 0 aromatic heterocycles. The molecule has 18 heavy (non-hydrogen) atoms. The Bertz CT molecular complexity index is 573. The molecule has 0 heterocycles. The van der Waals surface area contributed by atoms with Crippen molar-refractivity contribution in [1.29, 1.82) is 0 Å². The number of halogens is 3. The van der Waals surface area contributed by atoms with Crippen molar-refractivity contribution in [2.24, 2.45) is 0 Å². The van der Waals surface area contributed by atoms with Gasteiger partial charge in [0.2, 0.25) is 0 Å². The van der Waals surface area contributed by atoms with Crippen LogP contribution in [0, 0.1) is 5.82 Å². The van der Waals surface area contributed by atoms with Gasteiger partial charge in [0.15, 0.2) is 0 Å². The van der Waals surface area contributed by atoms with E-state index in [2.05, 4.69) is 0 Å². The van der Waals surface area contributed by atoms with E-state index in [-0.39, 0.29) is 11.6 Å². The van der Waals surface area contributed by atoms with E-state index in [0.29, 0.717) is 22.0 Å². The van der Waals surface area contributed by atoms with Crippen molar-refractivity contribution < 1.29 is 9.13 Å². The number of nitrogens with two attached hydrogens (primary N) is 1.